The molecule has 0 radical (unpaired) electrons. The Bertz CT molecular complexity index is 1990. The average molecular weight is 721 g/mol. The van der Waals surface area contributed by atoms with Gasteiger partial charge in [-0.2, -0.15) is 0 Å². The fourth-order valence-corrected chi connectivity index (χ4v) is 6.85. The van der Waals surface area contributed by atoms with Crippen LogP contribution in [-0.2, 0) is 9.59 Å². The number of carboxylic acids is 1. The number of nitrogens with zero attached hydrogens (tertiary/aromatic N) is 3. The van der Waals surface area contributed by atoms with Gasteiger partial charge in [0.05, 0.1) is 30.4 Å². The first-order chi connectivity index (χ1) is 25.5. The van der Waals surface area contributed by atoms with E-state index in [9.17, 15) is 24.3 Å². The molecule has 0 spiro atoms. The molecule has 2 aromatic carbocycles. The summed E-state index contributed by atoms with van der Waals surface area (Å²) in [6.07, 6.45) is 4.76. The van der Waals surface area contributed by atoms with E-state index in [1.807, 2.05) is 68.4 Å². The standard InChI is InChI=1S/C40H44N6O7/c1-5-27-20-40(27,38(49)50)45-37(48)34-18-30(23-46(34)39(51)43-28(16-24(2)3)22-42-36(47)26-12-9-15-41-21-26)53-35-19-32(25-10-7-6-8-11-25)44-33-17-29(52-4)13-14-31(33)35/h5-15,17,19,21,24,27-28,30,34H,1,16,18,20,22-23H2,2-4H3,(H,42,47)(H,43,51)(H,45,48)(H,49,50)/t27-,28+,30-,34+,40-/m1/s1. The van der Waals surface area contributed by atoms with E-state index in [2.05, 4.69) is 27.5 Å². The molecule has 3 heterocycles. The molecule has 4 aromatic rings. The fourth-order valence-electron chi connectivity index (χ4n) is 6.85. The zero-order valence-electron chi connectivity index (χ0n) is 30.0. The molecule has 5 atom stereocenters. The molecule has 0 unspecified atom stereocenters. The van der Waals surface area contributed by atoms with Crippen molar-refractivity contribution < 1.29 is 33.8 Å². The lowest BCUT2D eigenvalue weighted by Crippen LogP contribution is -2.56. The molecule has 2 fully saturated rings. The first-order valence-corrected chi connectivity index (χ1v) is 17.7. The Kier molecular flexibility index (Phi) is 10.9. The number of methoxy groups -OCH3 is 1. The van der Waals surface area contributed by atoms with Crippen LogP contribution in [0.4, 0.5) is 4.79 Å². The van der Waals surface area contributed by atoms with Gasteiger partial charge < -0.3 is 35.4 Å². The number of fused-ring (bicyclic) bond motifs is 1. The molecule has 1 aliphatic heterocycles. The summed E-state index contributed by atoms with van der Waals surface area (Å²) in [5.74, 6) is -1.22. The summed E-state index contributed by atoms with van der Waals surface area (Å²) in [5.41, 5.74) is 1.09. The number of urea groups is 1. The topological polar surface area (TPSA) is 172 Å². The minimum absolute atomic E-state index is 0.0337. The van der Waals surface area contributed by atoms with Crippen molar-refractivity contribution in [2.45, 2.75) is 56.8 Å². The molecule has 2 aromatic heterocycles. The first kappa shape index (κ1) is 36.8. The van der Waals surface area contributed by atoms with Crippen LogP contribution in [0.2, 0.25) is 0 Å². The Balaban J connectivity index is 1.27. The summed E-state index contributed by atoms with van der Waals surface area (Å²) in [5, 5.41) is 19.4. The van der Waals surface area contributed by atoms with Crippen LogP contribution < -0.4 is 25.4 Å². The van der Waals surface area contributed by atoms with Gasteiger partial charge in [-0.25, -0.2) is 14.6 Å². The van der Waals surface area contributed by atoms with Crippen molar-refractivity contribution in [3.63, 3.8) is 0 Å². The van der Waals surface area contributed by atoms with Crippen LogP contribution in [0.25, 0.3) is 22.2 Å². The highest BCUT2D eigenvalue weighted by Crippen LogP contribution is 2.45. The van der Waals surface area contributed by atoms with Gasteiger partial charge in [0.2, 0.25) is 5.91 Å². The maximum absolute atomic E-state index is 14.1. The zero-order valence-corrected chi connectivity index (χ0v) is 30.0. The molecule has 4 N–H and O–H groups in total. The number of hydrogen-bond acceptors (Lipinski definition) is 8. The summed E-state index contributed by atoms with van der Waals surface area (Å²) in [6.45, 7) is 7.91. The molecule has 13 heteroatoms. The first-order valence-electron chi connectivity index (χ1n) is 17.7. The third-order valence-corrected chi connectivity index (χ3v) is 9.71. The number of ether oxygens (including phenoxy) is 2. The van der Waals surface area contributed by atoms with Gasteiger partial charge in [0, 0.05) is 60.4 Å². The number of carbonyl (C=O) groups is 4. The number of aliphatic carboxylic acids is 1. The molecule has 2 aliphatic rings. The normalized spacial score (nSPS) is 21.1. The van der Waals surface area contributed by atoms with Gasteiger partial charge in [0.15, 0.2) is 0 Å². The minimum atomic E-state index is -1.48. The van der Waals surface area contributed by atoms with E-state index in [0.717, 1.165) is 5.56 Å². The van der Waals surface area contributed by atoms with Crippen LogP contribution in [0.3, 0.4) is 0 Å². The van der Waals surface area contributed by atoms with E-state index in [0.29, 0.717) is 40.1 Å². The van der Waals surface area contributed by atoms with Crippen LogP contribution in [0.1, 0.15) is 43.5 Å². The molecule has 1 saturated carbocycles. The number of benzene rings is 2. The Morgan fingerprint density at radius 2 is 1.89 bits per heavy atom. The number of nitrogens with one attached hydrogen (secondary N) is 3. The minimum Gasteiger partial charge on any atom is -0.497 e. The van der Waals surface area contributed by atoms with Crippen molar-refractivity contribution in [2.75, 3.05) is 20.2 Å². The second-order valence-electron chi connectivity index (χ2n) is 13.9. The van der Waals surface area contributed by atoms with Crippen LogP contribution >= 0.6 is 0 Å². The van der Waals surface area contributed by atoms with E-state index in [4.69, 9.17) is 14.5 Å². The van der Waals surface area contributed by atoms with E-state index in [1.54, 1.807) is 25.4 Å². The molecule has 6 rings (SSSR count). The number of carboxylic acid groups (broad SMARTS) is 1. The number of aromatic nitrogens is 2. The molecular formula is C40H44N6O7. The number of likely N-dealkylation sites (tertiary alicyclic amines) is 1. The van der Waals surface area contributed by atoms with E-state index in [1.165, 1.54) is 17.2 Å². The maximum atomic E-state index is 14.1. The highest BCUT2D eigenvalue weighted by atomic mass is 16.5. The molecule has 0 bridgehead atoms. The van der Waals surface area contributed by atoms with Gasteiger partial charge in [-0.05, 0) is 43.0 Å². The van der Waals surface area contributed by atoms with E-state index < -0.39 is 47.6 Å². The number of hydrogen-bond donors (Lipinski definition) is 4. The highest BCUT2D eigenvalue weighted by Gasteiger charge is 2.61. The smallest absolute Gasteiger partial charge is 0.330 e. The van der Waals surface area contributed by atoms with Crippen LogP contribution in [0, 0.1) is 11.8 Å². The summed E-state index contributed by atoms with van der Waals surface area (Å²) in [4.78, 5) is 63.4. The Labute approximate surface area is 307 Å². The average Bonchev–Trinajstić information content (AvgIpc) is 3.72. The molecule has 1 saturated heterocycles. The second-order valence-corrected chi connectivity index (χ2v) is 13.9. The monoisotopic (exact) mass is 720 g/mol. The van der Waals surface area contributed by atoms with Gasteiger partial charge in [-0.3, -0.25) is 14.6 Å². The van der Waals surface area contributed by atoms with E-state index >= 15 is 0 Å². The van der Waals surface area contributed by atoms with Crippen LogP contribution in [0.5, 0.6) is 11.5 Å². The number of rotatable bonds is 14. The van der Waals surface area contributed by atoms with Crippen molar-refractivity contribution in [1.29, 1.82) is 0 Å². The number of pyridine rings is 2. The predicted octanol–water partition coefficient (Wildman–Crippen LogP) is 4.83. The Hall–Kier alpha value is -5.98. The van der Waals surface area contributed by atoms with Gasteiger partial charge in [-0.15, -0.1) is 6.58 Å². The van der Waals surface area contributed by atoms with Crippen molar-refractivity contribution in [3.8, 4) is 22.8 Å². The molecule has 1 aliphatic carbocycles. The third-order valence-electron chi connectivity index (χ3n) is 9.71. The van der Waals surface area contributed by atoms with Gasteiger partial charge in [-0.1, -0.05) is 50.3 Å². The number of amides is 4. The fraction of sp³-hybridized carbons (Fsp3) is 0.350. The highest BCUT2D eigenvalue weighted by molar-refractivity contribution is 5.95. The Morgan fingerprint density at radius 1 is 1.09 bits per heavy atom. The summed E-state index contributed by atoms with van der Waals surface area (Å²) in [7, 11) is 1.58. The molecular weight excluding hydrogens is 676 g/mol. The lowest BCUT2D eigenvalue weighted by atomic mass is 10.0. The summed E-state index contributed by atoms with van der Waals surface area (Å²) >= 11 is 0. The SMILES string of the molecule is C=C[C@@H]1C[C@]1(NC(=O)[C@@H]1C[C@@H](Oc2cc(-c3ccccc3)nc3cc(OC)ccc23)CN1C(=O)N[C@H](CNC(=O)c1cccnc1)CC(C)C)C(=O)O. The zero-order chi connectivity index (χ0) is 37.7. The van der Waals surface area contributed by atoms with Gasteiger partial charge in [0.25, 0.3) is 5.91 Å². The predicted molar refractivity (Wildman–Crippen MR) is 198 cm³/mol. The van der Waals surface area contributed by atoms with Crippen LogP contribution in [0.15, 0.2) is 91.8 Å². The van der Waals surface area contributed by atoms with Crippen molar-refractivity contribution in [2.24, 2.45) is 11.8 Å². The Morgan fingerprint density at radius 3 is 2.55 bits per heavy atom. The molecule has 4 amide bonds. The maximum Gasteiger partial charge on any atom is 0.330 e. The van der Waals surface area contributed by atoms with E-state index in [-0.39, 0.29) is 37.8 Å². The molecule has 53 heavy (non-hydrogen) atoms. The second kappa shape index (κ2) is 15.7. The largest absolute Gasteiger partial charge is 0.497 e. The lowest BCUT2D eigenvalue weighted by molar-refractivity contribution is -0.144. The number of carbonyl (C=O) groups excluding carboxylic acids is 3. The quantitative estimate of drug-likeness (QED) is 0.133. The van der Waals surface area contributed by atoms with Gasteiger partial charge in [0.1, 0.15) is 29.2 Å². The summed E-state index contributed by atoms with van der Waals surface area (Å²) in [6, 6.07) is 18.2. The van der Waals surface area contributed by atoms with Crippen molar-refractivity contribution >= 4 is 34.7 Å². The lowest BCUT2D eigenvalue weighted by Gasteiger charge is -2.29. The van der Waals surface area contributed by atoms with Gasteiger partial charge >= 0.3 is 12.0 Å². The third kappa shape index (κ3) is 8.24. The van der Waals surface area contributed by atoms with Crippen molar-refractivity contribution in [1.82, 2.24) is 30.8 Å². The molecule has 276 valence electrons. The van der Waals surface area contributed by atoms with Crippen LogP contribution in [-0.4, -0.2) is 87.7 Å². The summed E-state index contributed by atoms with van der Waals surface area (Å²) < 4.78 is 12.1. The van der Waals surface area contributed by atoms with Crippen molar-refractivity contribution in [3.05, 3.63) is 97.3 Å². The molecule has 13 nitrogen and oxygen atoms in total.